The highest BCUT2D eigenvalue weighted by Crippen LogP contribution is 2.35. The van der Waals surface area contributed by atoms with Crippen molar-refractivity contribution in [3.63, 3.8) is 0 Å². The third-order valence-corrected chi connectivity index (χ3v) is 4.69. The first-order valence-corrected chi connectivity index (χ1v) is 9.79. The van der Waals surface area contributed by atoms with Crippen LogP contribution in [0.4, 0.5) is 0 Å². The number of thioether (sulfide) groups is 1. The number of nitrogens with zero attached hydrogens (tertiary/aromatic N) is 2. The van der Waals surface area contributed by atoms with Gasteiger partial charge in [-0.15, -0.1) is 0 Å². The summed E-state index contributed by atoms with van der Waals surface area (Å²) in [6.45, 7) is 6.82. The predicted molar refractivity (Wildman–Crippen MR) is 105 cm³/mol. The summed E-state index contributed by atoms with van der Waals surface area (Å²) in [4.78, 5) is 17.9. The van der Waals surface area contributed by atoms with Gasteiger partial charge in [0.15, 0.2) is 16.7 Å². The maximum absolute atomic E-state index is 13.2. The van der Waals surface area contributed by atoms with Gasteiger partial charge in [0.05, 0.1) is 24.2 Å². The molecular formula is C20H22N2O3S. The standard InChI is InChI=1S/C20H22N2O3S/c1-5-24-17-11-15-16(12-18(17)25-6-2)22(20(21-15)26-4)19(23)14-10-8-7-9-13(14)3/h7-12H,5-6H2,1-4H3. The smallest absolute Gasteiger partial charge is 0.264 e. The first-order chi connectivity index (χ1) is 12.6. The fourth-order valence-electron chi connectivity index (χ4n) is 2.87. The van der Waals surface area contributed by atoms with E-state index in [0.717, 1.165) is 11.1 Å². The van der Waals surface area contributed by atoms with E-state index in [0.29, 0.717) is 40.9 Å². The molecule has 3 rings (SSSR count). The maximum Gasteiger partial charge on any atom is 0.264 e. The lowest BCUT2D eigenvalue weighted by Crippen LogP contribution is -2.14. The number of carbonyl (C=O) groups is 1. The van der Waals surface area contributed by atoms with Crippen LogP contribution < -0.4 is 9.47 Å². The number of benzene rings is 2. The lowest BCUT2D eigenvalue weighted by atomic mass is 10.1. The molecule has 6 heteroatoms. The van der Waals surface area contributed by atoms with Crippen molar-refractivity contribution in [2.24, 2.45) is 0 Å². The van der Waals surface area contributed by atoms with Gasteiger partial charge in [-0.05, 0) is 38.7 Å². The number of hydrogen-bond acceptors (Lipinski definition) is 5. The number of ether oxygens (including phenoxy) is 2. The molecule has 0 bridgehead atoms. The zero-order valence-corrected chi connectivity index (χ0v) is 16.2. The van der Waals surface area contributed by atoms with Gasteiger partial charge in [-0.3, -0.25) is 9.36 Å². The zero-order valence-electron chi connectivity index (χ0n) is 15.4. The number of imidazole rings is 1. The van der Waals surface area contributed by atoms with Gasteiger partial charge in [-0.1, -0.05) is 30.0 Å². The van der Waals surface area contributed by atoms with Crippen molar-refractivity contribution in [1.29, 1.82) is 0 Å². The number of carbonyl (C=O) groups excluding carboxylic acids is 1. The van der Waals surface area contributed by atoms with E-state index in [-0.39, 0.29) is 5.91 Å². The third kappa shape index (κ3) is 3.29. The largest absolute Gasteiger partial charge is 0.490 e. The monoisotopic (exact) mass is 370 g/mol. The molecule has 0 fully saturated rings. The van der Waals surface area contributed by atoms with E-state index in [1.807, 2.05) is 63.4 Å². The highest BCUT2D eigenvalue weighted by Gasteiger charge is 2.21. The predicted octanol–water partition coefficient (Wildman–Crippen LogP) is 4.55. The van der Waals surface area contributed by atoms with Crippen LogP contribution in [0.3, 0.4) is 0 Å². The van der Waals surface area contributed by atoms with E-state index in [2.05, 4.69) is 4.98 Å². The van der Waals surface area contributed by atoms with Crippen LogP contribution in [0.15, 0.2) is 41.6 Å². The van der Waals surface area contributed by atoms with Crippen molar-refractivity contribution < 1.29 is 14.3 Å². The average molecular weight is 370 g/mol. The Hall–Kier alpha value is -2.47. The lowest BCUT2D eigenvalue weighted by Gasteiger charge is -2.12. The van der Waals surface area contributed by atoms with Crippen LogP contribution >= 0.6 is 11.8 Å². The Kier molecular flexibility index (Phi) is 5.52. The molecule has 1 aromatic heterocycles. The number of rotatable bonds is 6. The number of fused-ring (bicyclic) bond motifs is 1. The summed E-state index contributed by atoms with van der Waals surface area (Å²) < 4.78 is 13.1. The van der Waals surface area contributed by atoms with Gasteiger partial charge >= 0.3 is 0 Å². The average Bonchev–Trinajstić information content (AvgIpc) is 2.99. The summed E-state index contributed by atoms with van der Waals surface area (Å²) in [5.74, 6) is 1.16. The van der Waals surface area contributed by atoms with E-state index in [4.69, 9.17) is 9.47 Å². The van der Waals surface area contributed by atoms with Crippen LogP contribution in [0.2, 0.25) is 0 Å². The van der Waals surface area contributed by atoms with Crippen molar-refractivity contribution in [3.8, 4) is 11.5 Å². The van der Waals surface area contributed by atoms with Crippen LogP contribution in [0.1, 0.15) is 29.8 Å². The molecule has 0 N–H and O–H groups in total. The topological polar surface area (TPSA) is 53.4 Å². The number of hydrogen-bond donors (Lipinski definition) is 0. The van der Waals surface area contributed by atoms with Gasteiger partial charge in [-0.2, -0.15) is 0 Å². The molecule has 0 saturated heterocycles. The summed E-state index contributed by atoms with van der Waals surface area (Å²) in [6.07, 6.45) is 1.91. The first kappa shape index (κ1) is 18.3. The molecule has 3 aromatic rings. The van der Waals surface area contributed by atoms with E-state index < -0.39 is 0 Å². The molecule has 0 amide bonds. The Balaban J connectivity index is 2.22. The summed E-state index contributed by atoms with van der Waals surface area (Å²) in [7, 11) is 0. The molecule has 26 heavy (non-hydrogen) atoms. The molecule has 1 heterocycles. The number of aryl methyl sites for hydroxylation is 1. The van der Waals surface area contributed by atoms with Crippen LogP contribution in [0.5, 0.6) is 11.5 Å². The zero-order chi connectivity index (χ0) is 18.7. The third-order valence-electron chi connectivity index (χ3n) is 4.05. The minimum Gasteiger partial charge on any atom is -0.490 e. The summed E-state index contributed by atoms with van der Waals surface area (Å²) in [6, 6.07) is 11.2. The lowest BCUT2D eigenvalue weighted by molar-refractivity contribution is 0.0954. The van der Waals surface area contributed by atoms with E-state index in [1.54, 1.807) is 4.57 Å². The fourth-order valence-corrected chi connectivity index (χ4v) is 3.42. The van der Waals surface area contributed by atoms with Crippen molar-refractivity contribution in [2.45, 2.75) is 25.9 Å². The molecule has 0 unspecified atom stereocenters. The Bertz CT molecular complexity index is 950. The van der Waals surface area contributed by atoms with Crippen molar-refractivity contribution in [3.05, 3.63) is 47.5 Å². The van der Waals surface area contributed by atoms with E-state index >= 15 is 0 Å². The molecule has 0 aliphatic carbocycles. The Labute approximate surface area is 157 Å². The Morgan fingerprint density at radius 2 is 1.77 bits per heavy atom. The minimum absolute atomic E-state index is 0.0958. The first-order valence-electron chi connectivity index (χ1n) is 8.57. The molecule has 0 aliphatic rings. The summed E-state index contributed by atoms with van der Waals surface area (Å²) >= 11 is 1.44. The second-order valence-corrected chi connectivity index (χ2v) is 6.48. The van der Waals surface area contributed by atoms with Crippen LogP contribution in [-0.2, 0) is 0 Å². The van der Waals surface area contributed by atoms with E-state index in [1.165, 1.54) is 11.8 Å². The van der Waals surface area contributed by atoms with Gasteiger partial charge in [-0.25, -0.2) is 4.98 Å². The fraction of sp³-hybridized carbons (Fsp3) is 0.300. The molecule has 0 aliphatic heterocycles. The number of aromatic nitrogens is 2. The minimum atomic E-state index is -0.0958. The molecule has 2 aromatic carbocycles. The molecule has 0 atom stereocenters. The van der Waals surface area contributed by atoms with Crippen LogP contribution in [0.25, 0.3) is 11.0 Å². The summed E-state index contributed by atoms with van der Waals surface area (Å²) in [5, 5.41) is 0.643. The second kappa shape index (κ2) is 7.83. The van der Waals surface area contributed by atoms with Crippen molar-refractivity contribution >= 4 is 28.7 Å². The quantitative estimate of drug-likeness (QED) is 0.596. The van der Waals surface area contributed by atoms with Crippen LogP contribution in [0, 0.1) is 6.92 Å². The van der Waals surface area contributed by atoms with Gasteiger partial charge < -0.3 is 9.47 Å². The van der Waals surface area contributed by atoms with Crippen LogP contribution in [-0.4, -0.2) is 34.9 Å². The molecular weight excluding hydrogens is 348 g/mol. The van der Waals surface area contributed by atoms with Gasteiger partial charge in [0.2, 0.25) is 0 Å². The van der Waals surface area contributed by atoms with Crippen molar-refractivity contribution in [2.75, 3.05) is 19.5 Å². The highest BCUT2D eigenvalue weighted by atomic mass is 32.2. The normalized spacial score (nSPS) is 10.9. The highest BCUT2D eigenvalue weighted by molar-refractivity contribution is 7.98. The SMILES string of the molecule is CCOc1cc2nc(SC)n(C(=O)c3ccccc3C)c2cc1OCC. The maximum atomic E-state index is 13.2. The molecule has 0 spiro atoms. The Morgan fingerprint density at radius 1 is 1.12 bits per heavy atom. The second-order valence-electron chi connectivity index (χ2n) is 5.71. The molecule has 0 saturated carbocycles. The molecule has 0 radical (unpaired) electrons. The molecule has 5 nitrogen and oxygen atoms in total. The van der Waals surface area contributed by atoms with Crippen molar-refractivity contribution in [1.82, 2.24) is 9.55 Å². The van der Waals surface area contributed by atoms with Gasteiger partial charge in [0.1, 0.15) is 0 Å². The van der Waals surface area contributed by atoms with Gasteiger partial charge in [0.25, 0.3) is 5.91 Å². The van der Waals surface area contributed by atoms with Gasteiger partial charge in [0, 0.05) is 17.7 Å². The van der Waals surface area contributed by atoms with E-state index in [9.17, 15) is 4.79 Å². The summed E-state index contributed by atoms with van der Waals surface area (Å²) in [5.41, 5.74) is 3.02. The Morgan fingerprint density at radius 3 is 2.38 bits per heavy atom. The molecule has 136 valence electrons.